The number of benzene rings is 1. The molecule has 0 unspecified atom stereocenters. The van der Waals surface area contributed by atoms with Crippen LogP contribution >= 0.6 is 0 Å². The van der Waals surface area contributed by atoms with Crippen LogP contribution in [0.4, 0.5) is 18.0 Å². The summed E-state index contributed by atoms with van der Waals surface area (Å²) in [5.74, 6) is -1.74. The van der Waals surface area contributed by atoms with E-state index in [0.717, 1.165) is 17.0 Å². The fourth-order valence-corrected chi connectivity index (χ4v) is 2.31. The topological polar surface area (TPSA) is 102 Å². The quantitative estimate of drug-likeness (QED) is 0.784. The second-order valence-electron chi connectivity index (χ2n) is 5.30. The Hall–Kier alpha value is -2.78. The molecule has 0 aromatic heterocycles. The molecule has 1 saturated heterocycles. The Balaban J connectivity index is 2.20. The van der Waals surface area contributed by atoms with Gasteiger partial charge in [0.05, 0.1) is 0 Å². The van der Waals surface area contributed by atoms with Crippen LogP contribution in [0.2, 0.25) is 0 Å². The van der Waals surface area contributed by atoms with Gasteiger partial charge in [-0.1, -0.05) is 12.1 Å². The van der Waals surface area contributed by atoms with Crippen LogP contribution in [-0.4, -0.2) is 35.7 Å². The number of halogens is 3. The average Bonchev–Trinajstić information content (AvgIpc) is 2.67. The van der Waals surface area contributed by atoms with Crippen LogP contribution in [0.1, 0.15) is 18.9 Å². The molecule has 0 radical (unpaired) electrons. The normalized spacial score (nSPS) is 20.9. The van der Waals surface area contributed by atoms with Crippen molar-refractivity contribution in [3.63, 3.8) is 0 Å². The van der Waals surface area contributed by atoms with Gasteiger partial charge in [-0.25, -0.2) is 4.79 Å². The van der Waals surface area contributed by atoms with Crippen molar-refractivity contribution in [2.24, 2.45) is 5.73 Å². The van der Waals surface area contributed by atoms with Gasteiger partial charge < -0.3 is 15.8 Å². The van der Waals surface area contributed by atoms with Crippen molar-refractivity contribution in [2.75, 3.05) is 6.54 Å². The largest absolute Gasteiger partial charge is 0.573 e. The molecule has 24 heavy (non-hydrogen) atoms. The molecule has 130 valence electrons. The lowest BCUT2D eigenvalue weighted by Crippen LogP contribution is -2.41. The maximum absolute atomic E-state index is 12.4. The van der Waals surface area contributed by atoms with Gasteiger partial charge in [0.2, 0.25) is 5.91 Å². The predicted octanol–water partition coefficient (Wildman–Crippen LogP) is 1.23. The minimum atomic E-state index is -4.83. The van der Waals surface area contributed by atoms with E-state index in [1.807, 2.05) is 0 Å². The number of imide groups is 1. The molecule has 1 aromatic rings. The zero-order valence-electron chi connectivity index (χ0n) is 12.5. The van der Waals surface area contributed by atoms with Gasteiger partial charge in [-0.05, 0) is 24.6 Å². The number of ether oxygens (including phenoxy) is 1. The molecule has 0 saturated carbocycles. The number of alkyl halides is 3. The molecule has 10 heteroatoms. The molecule has 0 bridgehead atoms. The Morgan fingerprint density at radius 1 is 1.29 bits per heavy atom. The van der Waals surface area contributed by atoms with E-state index < -0.39 is 35.5 Å². The minimum Gasteiger partial charge on any atom is -0.406 e. The first kappa shape index (κ1) is 17.6. The van der Waals surface area contributed by atoms with Gasteiger partial charge in [-0.2, -0.15) is 0 Å². The highest BCUT2D eigenvalue weighted by atomic mass is 19.4. The summed E-state index contributed by atoms with van der Waals surface area (Å²) in [6.45, 7) is 1.24. The number of nitrogens with zero attached hydrogens (tertiary/aromatic N) is 1. The number of nitrogens with two attached hydrogens (primary N) is 1. The zero-order chi connectivity index (χ0) is 18.1. The van der Waals surface area contributed by atoms with Crippen LogP contribution in [0.5, 0.6) is 5.75 Å². The number of carbonyl (C=O) groups is 3. The summed E-state index contributed by atoms with van der Waals surface area (Å²) in [5.41, 5.74) is 3.81. The molecule has 1 aliphatic heterocycles. The molecule has 0 spiro atoms. The Morgan fingerprint density at radius 2 is 1.88 bits per heavy atom. The molecule has 2 rings (SSSR count). The van der Waals surface area contributed by atoms with Gasteiger partial charge in [0.1, 0.15) is 11.3 Å². The zero-order valence-corrected chi connectivity index (χ0v) is 12.5. The fourth-order valence-electron chi connectivity index (χ4n) is 2.31. The molecule has 1 fully saturated rings. The van der Waals surface area contributed by atoms with Crippen LogP contribution in [0.25, 0.3) is 0 Å². The monoisotopic (exact) mass is 345 g/mol. The molecule has 1 heterocycles. The first-order chi connectivity index (χ1) is 11.0. The van der Waals surface area contributed by atoms with Crippen LogP contribution < -0.4 is 15.8 Å². The summed E-state index contributed by atoms with van der Waals surface area (Å²) in [5, 5.41) is 2.46. The molecule has 0 aliphatic carbocycles. The third-order valence-corrected chi connectivity index (χ3v) is 3.52. The maximum atomic E-state index is 12.4. The SMILES string of the molecule is C[C@@]1(c2ccc(OC(F)(F)F)cc2)NC(=O)N(CCC(N)=O)C1=O. The fraction of sp³-hybridized carbons (Fsp3) is 0.357. The molecule has 1 aromatic carbocycles. The van der Waals surface area contributed by atoms with Gasteiger partial charge in [0, 0.05) is 13.0 Å². The summed E-state index contributed by atoms with van der Waals surface area (Å²) >= 11 is 0. The lowest BCUT2D eigenvalue weighted by atomic mass is 9.92. The van der Waals surface area contributed by atoms with Crippen LogP contribution in [0.3, 0.4) is 0 Å². The van der Waals surface area contributed by atoms with Gasteiger partial charge in [-0.15, -0.1) is 13.2 Å². The van der Waals surface area contributed by atoms with Crippen LogP contribution in [0.15, 0.2) is 24.3 Å². The number of hydrogen-bond acceptors (Lipinski definition) is 4. The van der Waals surface area contributed by atoms with E-state index in [9.17, 15) is 27.6 Å². The van der Waals surface area contributed by atoms with E-state index >= 15 is 0 Å². The van der Waals surface area contributed by atoms with Crippen molar-refractivity contribution >= 4 is 17.8 Å². The van der Waals surface area contributed by atoms with Crippen molar-refractivity contribution < 1.29 is 32.3 Å². The number of rotatable bonds is 5. The van der Waals surface area contributed by atoms with E-state index in [4.69, 9.17) is 5.73 Å². The van der Waals surface area contributed by atoms with Crippen molar-refractivity contribution in [3.05, 3.63) is 29.8 Å². The molecular weight excluding hydrogens is 331 g/mol. The molecule has 1 atom stereocenters. The lowest BCUT2D eigenvalue weighted by Gasteiger charge is -2.22. The van der Waals surface area contributed by atoms with Crippen LogP contribution in [0, 0.1) is 0 Å². The van der Waals surface area contributed by atoms with E-state index in [1.54, 1.807) is 0 Å². The third-order valence-electron chi connectivity index (χ3n) is 3.52. The number of nitrogens with one attached hydrogen (secondary N) is 1. The second-order valence-corrected chi connectivity index (χ2v) is 5.30. The van der Waals surface area contributed by atoms with Gasteiger partial charge in [0.25, 0.3) is 5.91 Å². The average molecular weight is 345 g/mol. The van der Waals surface area contributed by atoms with E-state index in [-0.39, 0.29) is 18.5 Å². The van der Waals surface area contributed by atoms with Crippen molar-refractivity contribution in [1.82, 2.24) is 10.2 Å². The number of primary amides is 1. The molecule has 3 N–H and O–H groups in total. The third kappa shape index (κ3) is 3.58. The van der Waals surface area contributed by atoms with E-state index in [1.165, 1.54) is 19.1 Å². The number of amides is 4. The van der Waals surface area contributed by atoms with Crippen molar-refractivity contribution in [1.29, 1.82) is 0 Å². The number of carbonyl (C=O) groups excluding carboxylic acids is 3. The highest BCUT2D eigenvalue weighted by molar-refractivity contribution is 6.07. The Morgan fingerprint density at radius 3 is 2.38 bits per heavy atom. The summed E-state index contributed by atoms with van der Waals surface area (Å²) < 4.78 is 40.2. The Labute approximate surface area is 134 Å². The van der Waals surface area contributed by atoms with Crippen molar-refractivity contribution in [3.8, 4) is 5.75 Å². The van der Waals surface area contributed by atoms with Crippen molar-refractivity contribution in [2.45, 2.75) is 25.2 Å². The smallest absolute Gasteiger partial charge is 0.406 e. The highest BCUT2D eigenvalue weighted by Gasteiger charge is 2.48. The summed E-state index contributed by atoms with van der Waals surface area (Å²) in [7, 11) is 0. The molecule has 1 aliphatic rings. The number of hydrogen-bond donors (Lipinski definition) is 2. The molecular formula is C14H14F3N3O4. The first-order valence-corrected chi connectivity index (χ1v) is 6.81. The first-order valence-electron chi connectivity index (χ1n) is 6.81. The predicted molar refractivity (Wildman–Crippen MR) is 74.5 cm³/mol. The van der Waals surface area contributed by atoms with E-state index in [0.29, 0.717) is 0 Å². The highest BCUT2D eigenvalue weighted by Crippen LogP contribution is 2.31. The van der Waals surface area contributed by atoms with Crippen LogP contribution in [-0.2, 0) is 15.1 Å². The summed E-state index contributed by atoms with van der Waals surface area (Å²) in [4.78, 5) is 36.0. The lowest BCUT2D eigenvalue weighted by molar-refractivity contribution is -0.274. The van der Waals surface area contributed by atoms with E-state index in [2.05, 4.69) is 10.1 Å². The standard InChI is InChI=1S/C14H14F3N3O4/c1-13(8-2-4-9(5-3-8)24-14(15,16)17)11(22)20(12(23)19-13)7-6-10(18)21/h2-5H,6-7H2,1H3,(H2,18,21)(H,19,23)/t13-/m0/s1. The second kappa shape index (κ2) is 6.02. The maximum Gasteiger partial charge on any atom is 0.573 e. The molecule has 7 nitrogen and oxygen atoms in total. The summed E-state index contributed by atoms with van der Waals surface area (Å²) in [6, 6.07) is 3.87. The summed E-state index contributed by atoms with van der Waals surface area (Å²) in [6.07, 6.45) is -5.01. The Kier molecular flexibility index (Phi) is 4.41. The molecule has 4 amide bonds. The Bertz CT molecular complexity index is 675. The minimum absolute atomic E-state index is 0.176. The number of urea groups is 1. The van der Waals surface area contributed by atoms with Gasteiger partial charge >= 0.3 is 12.4 Å². The van der Waals surface area contributed by atoms with Gasteiger partial charge in [0.15, 0.2) is 0 Å². The van der Waals surface area contributed by atoms with Gasteiger partial charge in [-0.3, -0.25) is 14.5 Å².